The first-order valence-electron chi connectivity index (χ1n) is 6.46. The number of alkyl halides is 1. The van der Waals surface area contributed by atoms with Gasteiger partial charge in [0, 0.05) is 16.0 Å². The molecule has 102 valence electrons. The number of halogens is 2. The summed E-state index contributed by atoms with van der Waals surface area (Å²) in [6, 6.07) is 14.3. The van der Waals surface area contributed by atoms with Crippen LogP contribution in [0.15, 0.2) is 46.9 Å². The van der Waals surface area contributed by atoms with Crippen LogP contribution in [-0.4, -0.2) is 0 Å². The number of benzene rings is 2. The van der Waals surface area contributed by atoms with Gasteiger partial charge < -0.3 is 4.42 Å². The molecule has 0 aliphatic carbocycles. The average molecular weight is 350 g/mol. The van der Waals surface area contributed by atoms with Crippen molar-refractivity contribution in [1.82, 2.24) is 0 Å². The largest absolute Gasteiger partial charge is 0.466 e. The Morgan fingerprint density at radius 3 is 2.35 bits per heavy atom. The van der Waals surface area contributed by atoms with E-state index >= 15 is 0 Å². The third kappa shape index (κ3) is 2.27. The molecule has 3 heteroatoms. The highest BCUT2D eigenvalue weighted by Crippen LogP contribution is 2.39. The number of hydrogen-bond donors (Lipinski definition) is 0. The van der Waals surface area contributed by atoms with E-state index in [0.29, 0.717) is 0 Å². The monoisotopic (exact) mass is 348 g/mol. The topological polar surface area (TPSA) is 13.1 Å². The van der Waals surface area contributed by atoms with Gasteiger partial charge in [0.15, 0.2) is 0 Å². The third-order valence-electron chi connectivity index (χ3n) is 3.53. The van der Waals surface area contributed by atoms with Crippen molar-refractivity contribution in [3.05, 3.63) is 70.1 Å². The molecule has 2 aromatic carbocycles. The standard InChI is InChI=1S/C17H14BrClO/c1-10-9-15(11(2)20-10)17(18)14-7-8-16(19)13-6-4-3-5-12(13)14/h3-9,17H,1-2H3. The van der Waals surface area contributed by atoms with Crippen molar-refractivity contribution in [2.24, 2.45) is 0 Å². The van der Waals surface area contributed by atoms with Crippen LogP contribution in [0.3, 0.4) is 0 Å². The molecular weight excluding hydrogens is 336 g/mol. The molecule has 0 spiro atoms. The number of hydrogen-bond acceptors (Lipinski definition) is 1. The molecule has 0 amide bonds. The Labute approximate surface area is 131 Å². The lowest BCUT2D eigenvalue weighted by Gasteiger charge is -2.13. The number of rotatable bonds is 2. The van der Waals surface area contributed by atoms with Crippen LogP contribution in [0.4, 0.5) is 0 Å². The van der Waals surface area contributed by atoms with Crippen molar-refractivity contribution in [3.8, 4) is 0 Å². The molecule has 1 heterocycles. The van der Waals surface area contributed by atoms with Gasteiger partial charge in [0.05, 0.1) is 4.83 Å². The van der Waals surface area contributed by atoms with Crippen molar-refractivity contribution >= 4 is 38.3 Å². The number of aryl methyl sites for hydroxylation is 2. The second kappa shape index (κ2) is 5.27. The highest BCUT2D eigenvalue weighted by atomic mass is 79.9. The summed E-state index contributed by atoms with van der Waals surface area (Å²) < 4.78 is 5.64. The van der Waals surface area contributed by atoms with Crippen molar-refractivity contribution < 1.29 is 4.42 Å². The molecule has 20 heavy (non-hydrogen) atoms. The van der Waals surface area contributed by atoms with Gasteiger partial charge in [-0.25, -0.2) is 0 Å². The van der Waals surface area contributed by atoms with E-state index in [1.165, 1.54) is 10.9 Å². The fourth-order valence-corrected chi connectivity index (χ4v) is 3.66. The highest BCUT2D eigenvalue weighted by Gasteiger charge is 2.18. The molecule has 1 unspecified atom stereocenters. The second-order valence-electron chi connectivity index (χ2n) is 4.91. The predicted octanol–water partition coefficient (Wildman–Crippen LogP) is 6.19. The summed E-state index contributed by atoms with van der Waals surface area (Å²) in [5.74, 6) is 1.88. The lowest BCUT2D eigenvalue weighted by Crippen LogP contribution is -1.94. The minimum absolute atomic E-state index is 0.0992. The zero-order valence-corrected chi connectivity index (χ0v) is 13.6. The molecule has 0 N–H and O–H groups in total. The lowest BCUT2D eigenvalue weighted by atomic mass is 9.98. The third-order valence-corrected chi connectivity index (χ3v) is 4.85. The second-order valence-corrected chi connectivity index (χ2v) is 6.24. The summed E-state index contributed by atoms with van der Waals surface area (Å²) in [4.78, 5) is 0.0992. The molecule has 0 saturated carbocycles. The first-order chi connectivity index (χ1) is 9.58. The van der Waals surface area contributed by atoms with Crippen molar-refractivity contribution in [2.45, 2.75) is 18.7 Å². The maximum Gasteiger partial charge on any atom is 0.105 e. The minimum Gasteiger partial charge on any atom is -0.466 e. The van der Waals surface area contributed by atoms with Gasteiger partial charge in [-0.1, -0.05) is 57.9 Å². The smallest absolute Gasteiger partial charge is 0.105 e. The number of fused-ring (bicyclic) bond motifs is 1. The van der Waals surface area contributed by atoms with Crippen LogP contribution < -0.4 is 0 Å². The summed E-state index contributed by atoms with van der Waals surface area (Å²) in [7, 11) is 0. The van der Waals surface area contributed by atoms with Crippen LogP contribution in [0.5, 0.6) is 0 Å². The summed E-state index contributed by atoms with van der Waals surface area (Å²) in [5, 5.41) is 3.03. The van der Waals surface area contributed by atoms with Gasteiger partial charge in [-0.15, -0.1) is 0 Å². The van der Waals surface area contributed by atoms with E-state index < -0.39 is 0 Å². The molecule has 0 fully saturated rings. The Bertz CT molecular complexity index is 776. The molecule has 1 atom stereocenters. The summed E-state index contributed by atoms with van der Waals surface area (Å²) >= 11 is 10.1. The fraction of sp³-hybridized carbons (Fsp3) is 0.176. The van der Waals surface area contributed by atoms with Crippen LogP contribution in [0.25, 0.3) is 10.8 Å². The minimum atomic E-state index is 0.0992. The summed E-state index contributed by atoms with van der Waals surface area (Å²) in [6.45, 7) is 3.96. The van der Waals surface area contributed by atoms with E-state index in [-0.39, 0.29) is 4.83 Å². The van der Waals surface area contributed by atoms with E-state index in [2.05, 4.69) is 34.1 Å². The molecule has 0 radical (unpaired) electrons. The molecule has 3 aromatic rings. The Morgan fingerprint density at radius 2 is 1.70 bits per heavy atom. The van der Waals surface area contributed by atoms with Crippen molar-refractivity contribution in [2.75, 3.05) is 0 Å². The number of furan rings is 1. The van der Waals surface area contributed by atoms with Crippen LogP contribution in [-0.2, 0) is 0 Å². The van der Waals surface area contributed by atoms with Crippen LogP contribution in [0.1, 0.15) is 27.5 Å². The first kappa shape index (κ1) is 13.7. The van der Waals surface area contributed by atoms with Crippen LogP contribution in [0.2, 0.25) is 5.02 Å². The lowest BCUT2D eigenvalue weighted by molar-refractivity contribution is 0.502. The molecule has 1 aromatic heterocycles. The zero-order valence-electron chi connectivity index (χ0n) is 11.3. The maximum atomic E-state index is 6.28. The van der Waals surface area contributed by atoms with Gasteiger partial charge in [-0.2, -0.15) is 0 Å². The van der Waals surface area contributed by atoms with Gasteiger partial charge in [-0.3, -0.25) is 0 Å². The van der Waals surface area contributed by atoms with E-state index in [1.807, 2.05) is 38.1 Å². The van der Waals surface area contributed by atoms with Gasteiger partial charge in [0.1, 0.15) is 11.5 Å². The molecule has 0 bridgehead atoms. The van der Waals surface area contributed by atoms with Crippen LogP contribution >= 0.6 is 27.5 Å². The van der Waals surface area contributed by atoms with Gasteiger partial charge in [0.2, 0.25) is 0 Å². The van der Waals surface area contributed by atoms with E-state index in [1.54, 1.807) is 0 Å². The van der Waals surface area contributed by atoms with Crippen molar-refractivity contribution in [3.63, 3.8) is 0 Å². The van der Waals surface area contributed by atoms with Gasteiger partial charge >= 0.3 is 0 Å². The summed E-state index contributed by atoms with van der Waals surface area (Å²) in [5.41, 5.74) is 2.36. The Balaban J connectivity index is 2.20. The average Bonchev–Trinajstić information content (AvgIpc) is 2.78. The van der Waals surface area contributed by atoms with Gasteiger partial charge in [0.25, 0.3) is 0 Å². The van der Waals surface area contributed by atoms with Gasteiger partial charge in [-0.05, 0) is 36.9 Å². The van der Waals surface area contributed by atoms with Crippen molar-refractivity contribution in [1.29, 1.82) is 0 Å². The summed E-state index contributed by atoms with van der Waals surface area (Å²) in [6.07, 6.45) is 0. The van der Waals surface area contributed by atoms with Crippen LogP contribution in [0, 0.1) is 13.8 Å². The predicted molar refractivity (Wildman–Crippen MR) is 87.9 cm³/mol. The molecule has 0 saturated heterocycles. The Kier molecular flexibility index (Phi) is 3.61. The van der Waals surface area contributed by atoms with E-state index in [4.69, 9.17) is 16.0 Å². The molecule has 3 rings (SSSR count). The quantitative estimate of drug-likeness (QED) is 0.503. The maximum absolute atomic E-state index is 6.28. The Morgan fingerprint density at radius 1 is 1.00 bits per heavy atom. The zero-order chi connectivity index (χ0) is 14.3. The fourth-order valence-electron chi connectivity index (χ4n) is 2.58. The molecule has 1 nitrogen and oxygen atoms in total. The first-order valence-corrected chi connectivity index (χ1v) is 7.75. The normalized spacial score (nSPS) is 12.8. The molecule has 0 aliphatic rings. The highest BCUT2D eigenvalue weighted by molar-refractivity contribution is 9.09. The Hall–Kier alpha value is -1.25. The molecular formula is C17H14BrClO. The van der Waals surface area contributed by atoms with E-state index in [0.717, 1.165) is 27.5 Å². The SMILES string of the molecule is Cc1cc(C(Br)c2ccc(Cl)c3ccccc23)c(C)o1. The molecule has 0 aliphatic heterocycles. The van der Waals surface area contributed by atoms with E-state index in [9.17, 15) is 0 Å².